The van der Waals surface area contributed by atoms with Gasteiger partial charge in [0, 0.05) is 10.9 Å². The van der Waals surface area contributed by atoms with Gasteiger partial charge in [-0.25, -0.2) is 4.39 Å². The fourth-order valence-corrected chi connectivity index (χ4v) is 5.96. The molecule has 1 fully saturated rings. The Morgan fingerprint density at radius 1 is 0.730 bits per heavy atom. The molecule has 0 saturated heterocycles. The van der Waals surface area contributed by atoms with Gasteiger partial charge in [0.2, 0.25) is 0 Å². The molecule has 0 N–H and O–H groups in total. The molecule has 0 atom stereocenters. The molecule has 1 aliphatic carbocycles. The molecule has 0 radical (unpaired) electrons. The molecule has 0 aromatic heterocycles. The SMILES string of the molecule is CCCCCCCc1ccc(C#Cc2ccc3cc(C4CCC(CCCCC)CC4)ccc3c2F)cc1. The molecule has 4 rings (SSSR count). The summed E-state index contributed by atoms with van der Waals surface area (Å²) in [6, 6.07) is 18.7. The van der Waals surface area contributed by atoms with Gasteiger partial charge in [0.1, 0.15) is 5.82 Å². The molecule has 3 aromatic carbocycles. The lowest BCUT2D eigenvalue weighted by Gasteiger charge is -2.29. The predicted octanol–water partition coefficient (Wildman–Crippen LogP) is 10.7. The zero-order valence-electron chi connectivity index (χ0n) is 23.1. The van der Waals surface area contributed by atoms with Gasteiger partial charge in [0.05, 0.1) is 5.56 Å². The number of halogens is 1. The lowest BCUT2D eigenvalue weighted by atomic mass is 9.77. The van der Waals surface area contributed by atoms with Gasteiger partial charge in [-0.3, -0.25) is 0 Å². The maximum absolute atomic E-state index is 15.3. The third-order valence-corrected chi connectivity index (χ3v) is 8.38. The fraction of sp³-hybridized carbons (Fsp3) is 0.500. The van der Waals surface area contributed by atoms with Gasteiger partial charge in [0.25, 0.3) is 0 Å². The molecule has 0 spiro atoms. The van der Waals surface area contributed by atoms with Crippen molar-refractivity contribution in [3.63, 3.8) is 0 Å². The second kappa shape index (κ2) is 14.4. The van der Waals surface area contributed by atoms with Crippen molar-refractivity contribution in [1.29, 1.82) is 0 Å². The Morgan fingerprint density at radius 3 is 2.22 bits per heavy atom. The first-order valence-electron chi connectivity index (χ1n) is 15.0. The lowest BCUT2D eigenvalue weighted by molar-refractivity contribution is 0.303. The topological polar surface area (TPSA) is 0 Å². The lowest BCUT2D eigenvalue weighted by Crippen LogP contribution is -2.13. The summed E-state index contributed by atoms with van der Waals surface area (Å²) in [4.78, 5) is 0. The number of rotatable bonds is 11. The Kier molecular flexibility index (Phi) is 10.7. The highest BCUT2D eigenvalue weighted by Crippen LogP contribution is 2.38. The first kappa shape index (κ1) is 27.4. The van der Waals surface area contributed by atoms with Crippen molar-refractivity contribution in [3.05, 3.63) is 82.7 Å². The van der Waals surface area contributed by atoms with Crippen LogP contribution in [0.25, 0.3) is 10.8 Å². The van der Waals surface area contributed by atoms with E-state index in [1.165, 1.54) is 94.6 Å². The van der Waals surface area contributed by atoms with Crippen molar-refractivity contribution < 1.29 is 4.39 Å². The van der Waals surface area contributed by atoms with Crippen LogP contribution >= 0.6 is 0 Å². The van der Waals surface area contributed by atoms with Crippen LogP contribution in [0.4, 0.5) is 4.39 Å². The molecule has 37 heavy (non-hydrogen) atoms. The van der Waals surface area contributed by atoms with Gasteiger partial charge in [-0.15, -0.1) is 0 Å². The minimum absolute atomic E-state index is 0.195. The van der Waals surface area contributed by atoms with E-state index in [0.717, 1.165) is 23.3 Å². The van der Waals surface area contributed by atoms with E-state index < -0.39 is 0 Å². The van der Waals surface area contributed by atoms with Crippen molar-refractivity contribution in [2.45, 2.75) is 110 Å². The zero-order chi connectivity index (χ0) is 25.9. The molecular weight excluding hydrogens is 451 g/mol. The second-order valence-electron chi connectivity index (χ2n) is 11.2. The van der Waals surface area contributed by atoms with E-state index in [1.54, 1.807) is 0 Å². The molecule has 0 unspecified atom stereocenters. The largest absolute Gasteiger partial charge is 0.205 e. The summed E-state index contributed by atoms with van der Waals surface area (Å²) in [5.41, 5.74) is 4.16. The number of hydrogen-bond donors (Lipinski definition) is 0. The Bertz CT molecular complexity index is 1170. The van der Waals surface area contributed by atoms with E-state index in [9.17, 15) is 0 Å². The van der Waals surface area contributed by atoms with Crippen LogP contribution in [0.5, 0.6) is 0 Å². The molecule has 0 bridgehead atoms. The summed E-state index contributed by atoms with van der Waals surface area (Å²) in [6.45, 7) is 4.53. The van der Waals surface area contributed by atoms with Gasteiger partial charge in [-0.2, -0.15) is 0 Å². The molecule has 0 heterocycles. The van der Waals surface area contributed by atoms with Crippen molar-refractivity contribution in [2.24, 2.45) is 5.92 Å². The van der Waals surface area contributed by atoms with Crippen LogP contribution in [0.1, 0.15) is 125 Å². The Balaban J connectivity index is 1.36. The van der Waals surface area contributed by atoms with Gasteiger partial charge in [-0.1, -0.05) is 113 Å². The molecule has 0 nitrogen and oxygen atoms in total. The van der Waals surface area contributed by atoms with Gasteiger partial charge in [-0.05, 0) is 85.1 Å². The number of aryl methyl sites for hydroxylation is 1. The average Bonchev–Trinajstić information content (AvgIpc) is 2.94. The molecule has 1 aliphatic rings. The van der Waals surface area contributed by atoms with E-state index in [-0.39, 0.29) is 5.82 Å². The third kappa shape index (κ3) is 7.95. The standard InChI is InChI=1S/C36H45F/c1-3-5-7-8-10-12-28-13-15-30(16-14-28)19-22-32-23-24-34-27-33(25-26-35(34)36(32)37)31-20-17-29(18-21-31)11-9-6-4-2/h13-16,23-27,29,31H,3-12,17-18,20-21H2,1-2H3. The van der Waals surface area contributed by atoms with Crippen LogP contribution in [0.15, 0.2) is 54.6 Å². The van der Waals surface area contributed by atoms with E-state index in [1.807, 2.05) is 18.2 Å². The number of fused-ring (bicyclic) bond motifs is 1. The van der Waals surface area contributed by atoms with Crippen LogP contribution in [0.3, 0.4) is 0 Å². The van der Waals surface area contributed by atoms with Crippen molar-refractivity contribution >= 4 is 10.8 Å². The molecule has 0 amide bonds. The van der Waals surface area contributed by atoms with Crippen molar-refractivity contribution in [3.8, 4) is 11.8 Å². The number of hydrogen-bond acceptors (Lipinski definition) is 0. The minimum atomic E-state index is -0.195. The monoisotopic (exact) mass is 496 g/mol. The van der Waals surface area contributed by atoms with Crippen LogP contribution in [0.2, 0.25) is 0 Å². The van der Waals surface area contributed by atoms with E-state index >= 15 is 4.39 Å². The second-order valence-corrected chi connectivity index (χ2v) is 11.2. The van der Waals surface area contributed by atoms with Crippen LogP contribution in [-0.2, 0) is 6.42 Å². The van der Waals surface area contributed by atoms with Gasteiger partial charge < -0.3 is 0 Å². The first-order chi connectivity index (χ1) is 18.2. The highest BCUT2D eigenvalue weighted by molar-refractivity contribution is 5.85. The summed E-state index contributed by atoms with van der Waals surface area (Å²) in [6.07, 6.45) is 18.3. The highest BCUT2D eigenvalue weighted by atomic mass is 19.1. The van der Waals surface area contributed by atoms with Crippen LogP contribution in [0, 0.1) is 23.6 Å². The molecule has 1 heteroatoms. The third-order valence-electron chi connectivity index (χ3n) is 8.38. The summed E-state index contributed by atoms with van der Waals surface area (Å²) in [5.74, 6) is 7.59. The fourth-order valence-electron chi connectivity index (χ4n) is 5.96. The average molecular weight is 497 g/mol. The molecular formula is C36H45F. The number of unbranched alkanes of at least 4 members (excludes halogenated alkanes) is 6. The Morgan fingerprint density at radius 2 is 1.46 bits per heavy atom. The van der Waals surface area contributed by atoms with Crippen LogP contribution < -0.4 is 0 Å². The molecule has 3 aromatic rings. The van der Waals surface area contributed by atoms with Crippen molar-refractivity contribution in [1.82, 2.24) is 0 Å². The summed E-state index contributed by atoms with van der Waals surface area (Å²) in [7, 11) is 0. The maximum Gasteiger partial charge on any atom is 0.146 e. The molecule has 196 valence electrons. The van der Waals surface area contributed by atoms with Gasteiger partial charge >= 0.3 is 0 Å². The zero-order valence-corrected chi connectivity index (χ0v) is 23.1. The highest BCUT2D eigenvalue weighted by Gasteiger charge is 2.22. The summed E-state index contributed by atoms with van der Waals surface area (Å²) >= 11 is 0. The molecule has 0 aliphatic heterocycles. The Labute approximate surface area is 225 Å². The summed E-state index contributed by atoms with van der Waals surface area (Å²) < 4.78 is 15.3. The number of benzene rings is 3. The first-order valence-corrected chi connectivity index (χ1v) is 15.0. The summed E-state index contributed by atoms with van der Waals surface area (Å²) in [5, 5.41) is 1.68. The van der Waals surface area contributed by atoms with Gasteiger partial charge in [0.15, 0.2) is 0 Å². The van der Waals surface area contributed by atoms with E-state index in [0.29, 0.717) is 16.9 Å². The Hall–Kier alpha value is -2.59. The molecule has 1 saturated carbocycles. The van der Waals surface area contributed by atoms with E-state index in [2.05, 4.69) is 62.1 Å². The van der Waals surface area contributed by atoms with Crippen molar-refractivity contribution in [2.75, 3.05) is 0 Å². The quantitative estimate of drug-likeness (QED) is 0.183. The smallest absolute Gasteiger partial charge is 0.146 e. The maximum atomic E-state index is 15.3. The minimum Gasteiger partial charge on any atom is -0.205 e. The van der Waals surface area contributed by atoms with E-state index in [4.69, 9.17) is 0 Å². The van der Waals surface area contributed by atoms with Crippen LogP contribution in [-0.4, -0.2) is 0 Å². The predicted molar refractivity (Wildman–Crippen MR) is 158 cm³/mol. The normalized spacial score (nSPS) is 17.5.